The van der Waals surface area contributed by atoms with Crippen molar-refractivity contribution < 1.29 is 37.0 Å². The third kappa shape index (κ3) is 7.85. The molecule has 302 valence electrons. The van der Waals surface area contributed by atoms with E-state index in [0.717, 1.165) is 44.5 Å². The lowest BCUT2D eigenvalue weighted by Gasteiger charge is -2.40. The lowest BCUT2D eigenvalue weighted by atomic mass is 9.98. The molecule has 1 heterocycles. The molecular weight excluding hydrogens is 770 g/mol. The number of hydrogen-bond donors (Lipinski definition) is 0. The Bertz CT molecular complexity index is 2150. The van der Waals surface area contributed by atoms with E-state index in [1.165, 1.54) is 12.1 Å². The van der Waals surface area contributed by atoms with E-state index in [1.54, 1.807) is 12.1 Å². The molecule has 4 atom stereocenters. The largest absolute Gasteiger partial charge is 0.474 e. The molecule has 1 saturated heterocycles. The van der Waals surface area contributed by atoms with Gasteiger partial charge in [-0.25, -0.2) is 4.57 Å². The standard InChI is InChI=1S/C46H50NO9PSi/c1-30-44(56-58(5,6)46(2,3)4)43(55-45(30)54-32-25-23-31(24-26-32)47(48)49)29-53-57(50,51-27-41-37-19-11-7-15-33(37)34-16-8-12-20-38(34)41)52-28-42-39-21-13-9-17-35(39)36-18-10-14-22-40(36)42/h7-26,30,41-45H,27-29H2,1-6H3/t30-,43?,44+,45?/m1/s1. The van der Waals surface area contributed by atoms with Gasteiger partial charge in [-0.1, -0.05) is 125 Å². The van der Waals surface area contributed by atoms with Gasteiger partial charge in [0.05, 0.1) is 30.8 Å². The summed E-state index contributed by atoms with van der Waals surface area (Å²) in [6.45, 7) is 12.8. The third-order valence-electron chi connectivity index (χ3n) is 12.3. The molecule has 8 rings (SSSR count). The van der Waals surface area contributed by atoms with Gasteiger partial charge in [0, 0.05) is 29.9 Å². The van der Waals surface area contributed by atoms with Crippen LogP contribution in [-0.2, 0) is 27.3 Å². The molecule has 5 aromatic rings. The van der Waals surface area contributed by atoms with E-state index >= 15 is 4.57 Å². The normalized spacial score (nSPS) is 20.4. The number of hydrogen-bond acceptors (Lipinski definition) is 9. The topological polar surface area (TPSA) is 116 Å². The number of rotatable bonds is 14. The summed E-state index contributed by atoms with van der Waals surface area (Å²) in [4.78, 5) is 10.8. The van der Waals surface area contributed by atoms with Crippen molar-refractivity contribution >= 4 is 21.8 Å². The van der Waals surface area contributed by atoms with Gasteiger partial charge in [0.1, 0.15) is 11.9 Å². The van der Waals surface area contributed by atoms with Crippen molar-refractivity contribution in [2.45, 2.75) is 76.2 Å². The molecule has 10 nitrogen and oxygen atoms in total. The summed E-state index contributed by atoms with van der Waals surface area (Å²) in [6.07, 6.45) is -1.96. The molecule has 2 unspecified atom stereocenters. The zero-order valence-corrected chi connectivity index (χ0v) is 35.6. The smallest absolute Gasteiger partial charge is 0.465 e. The second kappa shape index (κ2) is 16.0. The van der Waals surface area contributed by atoms with E-state index in [1.807, 2.05) is 55.5 Å². The van der Waals surface area contributed by atoms with Crippen molar-refractivity contribution in [2.75, 3.05) is 19.8 Å². The number of nitro groups is 1. The zero-order chi connectivity index (χ0) is 40.8. The molecule has 0 amide bonds. The first-order valence-electron chi connectivity index (χ1n) is 19.9. The van der Waals surface area contributed by atoms with E-state index in [2.05, 4.69) is 82.4 Å². The molecule has 1 aliphatic heterocycles. The van der Waals surface area contributed by atoms with Gasteiger partial charge in [-0.15, -0.1) is 0 Å². The number of ether oxygens (including phenoxy) is 2. The van der Waals surface area contributed by atoms with Crippen molar-refractivity contribution in [3.8, 4) is 28.0 Å². The molecule has 0 bridgehead atoms. The van der Waals surface area contributed by atoms with Crippen molar-refractivity contribution in [3.05, 3.63) is 154 Å². The van der Waals surface area contributed by atoms with Crippen molar-refractivity contribution in [1.82, 2.24) is 0 Å². The van der Waals surface area contributed by atoms with Crippen LogP contribution in [0.25, 0.3) is 22.3 Å². The molecule has 0 spiro atoms. The van der Waals surface area contributed by atoms with Gasteiger partial charge in [-0.05, 0) is 74.8 Å². The quantitative estimate of drug-likeness (QED) is 0.0467. The van der Waals surface area contributed by atoms with Gasteiger partial charge < -0.3 is 13.9 Å². The predicted molar refractivity (Wildman–Crippen MR) is 227 cm³/mol. The summed E-state index contributed by atoms with van der Waals surface area (Å²) in [5, 5.41) is 11.2. The van der Waals surface area contributed by atoms with Crippen LogP contribution in [0.2, 0.25) is 18.1 Å². The molecule has 0 radical (unpaired) electrons. The van der Waals surface area contributed by atoms with E-state index in [0.29, 0.717) is 5.75 Å². The van der Waals surface area contributed by atoms with Gasteiger partial charge in [-0.3, -0.25) is 23.7 Å². The maximum absolute atomic E-state index is 15.2. The Hall–Kier alpha value is -4.45. The molecule has 5 aromatic carbocycles. The Kier molecular flexibility index (Phi) is 11.1. The summed E-state index contributed by atoms with van der Waals surface area (Å²) in [7, 11) is -6.65. The van der Waals surface area contributed by atoms with Crippen LogP contribution >= 0.6 is 7.82 Å². The first-order chi connectivity index (χ1) is 27.7. The Balaban J connectivity index is 1.07. The molecule has 3 aliphatic rings. The first-order valence-corrected chi connectivity index (χ1v) is 24.2. The van der Waals surface area contributed by atoms with Crippen LogP contribution in [0.5, 0.6) is 5.75 Å². The van der Waals surface area contributed by atoms with Crippen molar-refractivity contribution in [2.24, 2.45) is 5.92 Å². The molecule has 0 saturated carbocycles. The van der Waals surface area contributed by atoms with Gasteiger partial charge in [0.25, 0.3) is 5.69 Å². The first kappa shape index (κ1) is 40.3. The SMILES string of the molecule is C[C@H]1C(Oc2ccc([N+](=O)[O-])cc2)OC(COP(=O)(OCC2c3ccccc3-c3ccccc32)OCC2c3ccccc3-c3ccccc32)[C@H]1O[Si](C)(C)C(C)(C)C. The average Bonchev–Trinajstić information content (AvgIpc) is 3.81. The second-order valence-electron chi connectivity index (χ2n) is 16.9. The van der Waals surface area contributed by atoms with Crippen molar-refractivity contribution in [3.63, 3.8) is 0 Å². The highest BCUT2D eigenvalue weighted by Crippen LogP contribution is 2.56. The minimum absolute atomic E-state index is 0.0388. The Morgan fingerprint density at radius 1 is 0.672 bits per heavy atom. The van der Waals surface area contributed by atoms with Crippen LogP contribution in [0.15, 0.2) is 121 Å². The second-order valence-corrected chi connectivity index (χ2v) is 23.3. The van der Waals surface area contributed by atoms with Gasteiger partial charge in [0.15, 0.2) is 8.32 Å². The summed E-state index contributed by atoms with van der Waals surface area (Å²) in [6, 6.07) is 38.8. The molecule has 58 heavy (non-hydrogen) atoms. The Morgan fingerprint density at radius 2 is 1.09 bits per heavy atom. The minimum Gasteiger partial charge on any atom is -0.465 e. The number of phosphoric acid groups is 1. The van der Waals surface area contributed by atoms with E-state index in [4.69, 9.17) is 27.5 Å². The number of phosphoric ester groups is 1. The molecular formula is C46H50NO9PSi. The predicted octanol–water partition coefficient (Wildman–Crippen LogP) is 11.5. The van der Waals surface area contributed by atoms with Gasteiger partial charge in [0.2, 0.25) is 6.29 Å². The summed E-state index contributed by atoms with van der Waals surface area (Å²) < 4.78 is 54.3. The van der Waals surface area contributed by atoms with Crippen LogP contribution in [0.4, 0.5) is 5.69 Å². The number of nitrogens with zero attached hydrogens (tertiary/aromatic N) is 1. The number of fused-ring (bicyclic) bond motifs is 6. The highest BCUT2D eigenvalue weighted by molar-refractivity contribution is 7.48. The maximum atomic E-state index is 15.2. The summed E-state index contributed by atoms with van der Waals surface area (Å²) in [5.74, 6) is -0.227. The molecule has 0 aromatic heterocycles. The van der Waals surface area contributed by atoms with Crippen LogP contribution in [0, 0.1) is 16.0 Å². The molecule has 0 N–H and O–H groups in total. The minimum atomic E-state index is -4.28. The summed E-state index contributed by atoms with van der Waals surface area (Å²) in [5.41, 5.74) is 8.84. The van der Waals surface area contributed by atoms with E-state index < -0.39 is 39.6 Å². The van der Waals surface area contributed by atoms with E-state index in [-0.39, 0.29) is 48.3 Å². The third-order valence-corrected chi connectivity index (χ3v) is 18.1. The fourth-order valence-corrected chi connectivity index (χ4v) is 10.7. The molecule has 12 heteroatoms. The average molecular weight is 820 g/mol. The Labute approximate surface area is 341 Å². The van der Waals surface area contributed by atoms with Crippen molar-refractivity contribution in [1.29, 1.82) is 0 Å². The lowest BCUT2D eigenvalue weighted by Crippen LogP contribution is -2.48. The molecule has 1 fully saturated rings. The maximum Gasteiger partial charge on any atom is 0.474 e. The zero-order valence-electron chi connectivity index (χ0n) is 33.7. The van der Waals surface area contributed by atoms with Crippen LogP contribution in [0.1, 0.15) is 61.8 Å². The molecule has 2 aliphatic carbocycles. The fourth-order valence-electron chi connectivity index (χ4n) is 8.10. The van der Waals surface area contributed by atoms with E-state index in [9.17, 15) is 10.1 Å². The van der Waals surface area contributed by atoms with Gasteiger partial charge >= 0.3 is 7.82 Å². The number of nitro benzene ring substituents is 1. The van der Waals surface area contributed by atoms with Gasteiger partial charge in [-0.2, -0.15) is 0 Å². The number of non-ortho nitro benzene ring substituents is 1. The van der Waals surface area contributed by atoms with Crippen LogP contribution in [0.3, 0.4) is 0 Å². The Morgan fingerprint density at radius 3 is 1.50 bits per heavy atom. The fraction of sp³-hybridized carbons (Fsp3) is 0.348. The highest BCUT2D eigenvalue weighted by atomic mass is 31.2. The highest BCUT2D eigenvalue weighted by Gasteiger charge is 2.50. The van der Waals surface area contributed by atoms with Crippen LogP contribution < -0.4 is 4.74 Å². The monoisotopic (exact) mass is 819 g/mol. The van der Waals surface area contributed by atoms with Crippen LogP contribution in [-0.4, -0.2) is 51.6 Å². The summed E-state index contributed by atoms with van der Waals surface area (Å²) >= 11 is 0. The number of benzene rings is 5. The lowest BCUT2D eigenvalue weighted by molar-refractivity contribution is -0.384.